The smallest absolute Gasteiger partial charge is 0.344 e. The third-order valence-corrected chi connectivity index (χ3v) is 5.12. The number of thioether (sulfide) groups is 1. The number of phenols is 1. The molecule has 0 spiro atoms. The Bertz CT molecular complexity index is 968. The van der Waals surface area contributed by atoms with Crippen LogP contribution in [0.4, 0.5) is 5.69 Å². The van der Waals surface area contributed by atoms with E-state index in [-0.39, 0.29) is 11.7 Å². The number of carbonyl (C=O) groups is 2. The number of benzene rings is 2. The fourth-order valence-electron chi connectivity index (χ4n) is 2.56. The van der Waals surface area contributed by atoms with Crippen LogP contribution >= 0.6 is 11.8 Å². The lowest BCUT2D eigenvalue weighted by Crippen LogP contribution is -2.28. The van der Waals surface area contributed by atoms with Crippen LogP contribution in [0.25, 0.3) is 6.08 Å². The first-order chi connectivity index (χ1) is 13.9. The number of aliphatic carboxylic acids is 1. The molecule has 2 N–H and O–H groups in total. The van der Waals surface area contributed by atoms with Gasteiger partial charge in [-0.3, -0.25) is 9.69 Å². The van der Waals surface area contributed by atoms with Crippen LogP contribution in [0.15, 0.2) is 58.4 Å². The number of nitrogens with zero attached hydrogens (tertiary/aromatic N) is 2. The van der Waals surface area contributed by atoms with Crippen LogP contribution in [0.1, 0.15) is 19.4 Å². The number of likely N-dealkylation sites (N-methyl/N-ethyl adjacent to an activating group) is 1. The van der Waals surface area contributed by atoms with Crippen molar-refractivity contribution in [2.75, 3.05) is 6.54 Å². The average Bonchev–Trinajstić information content (AvgIpc) is 2.99. The average molecular weight is 412 g/mol. The van der Waals surface area contributed by atoms with Gasteiger partial charge >= 0.3 is 5.97 Å². The third-order valence-electron chi connectivity index (χ3n) is 4.12. The van der Waals surface area contributed by atoms with Gasteiger partial charge in [0.15, 0.2) is 11.3 Å². The summed E-state index contributed by atoms with van der Waals surface area (Å²) in [6.45, 7) is 3.82. The number of aliphatic imine (C=N–C) groups is 1. The van der Waals surface area contributed by atoms with E-state index >= 15 is 0 Å². The molecule has 0 radical (unpaired) electrons. The standard InChI is InChI=1S/C21H20N2O5S/c1-3-23-19(25)18(29-21(23)22-15-6-8-16(24)9-7-15)12-14-4-10-17(11-5-14)28-13(2)20(26)27/h4-13,24H,3H2,1-2H3,(H,26,27)/b18-12-,22-21?. The second kappa shape index (κ2) is 8.83. The van der Waals surface area contributed by atoms with Crippen LogP contribution in [-0.2, 0) is 9.59 Å². The van der Waals surface area contributed by atoms with Gasteiger partial charge in [0.25, 0.3) is 5.91 Å². The Morgan fingerprint density at radius 3 is 2.45 bits per heavy atom. The first kappa shape index (κ1) is 20.5. The normalized spacial score (nSPS) is 17.7. The van der Waals surface area contributed by atoms with E-state index in [2.05, 4.69) is 4.99 Å². The fourth-order valence-corrected chi connectivity index (χ4v) is 3.62. The van der Waals surface area contributed by atoms with Crippen LogP contribution in [0.3, 0.4) is 0 Å². The number of hydrogen-bond donors (Lipinski definition) is 2. The topological polar surface area (TPSA) is 99.4 Å². The van der Waals surface area contributed by atoms with E-state index in [1.165, 1.54) is 18.7 Å². The zero-order valence-electron chi connectivity index (χ0n) is 15.9. The lowest BCUT2D eigenvalue weighted by molar-refractivity contribution is -0.144. The quantitative estimate of drug-likeness (QED) is 0.699. The molecule has 1 aliphatic heterocycles. The number of ether oxygens (including phenoxy) is 1. The number of rotatable bonds is 6. The Morgan fingerprint density at radius 1 is 1.21 bits per heavy atom. The molecular weight excluding hydrogens is 392 g/mol. The highest BCUT2D eigenvalue weighted by Gasteiger charge is 2.32. The number of amidine groups is 1. The zero-order chi connectivity index (χ0) is 21.0. The van der Waals surface area contributed by atoms with Crippen molar-refractivity contribution < 1.29 is 24.5 Å². The summed E-state index contributed by atoms with van der Waals surface area (Å²) in [4.78, 5) is 30.2. The maximum absolute atomic E-state index is 12.7. The summed E-state index contributed by atoms with van der Waals surface area (Å²) in [6.07, 6.45) is 0.822. The molecule has 1 atom stereocenters. The summed E-state index contributed by atoms with van der Waals surface area (Å²) >= 11 is 1.28. The van der Waals surface area contributed by atoms with E-state index in [9.17, 15) is 14.7 Å². The molecule has 1 saturated heterocycles. The Morgan fingerprint density at radius 2 is 1.86 bits per heavy atom. The molecular formula is C21H20N2O5S. The van der Waals surface area contributed by atoms with Gasteiger partial charge in [-0.25, -0.2) is 9.79 Å². The van der Waals surface area contributed by atoms with Crippen molar-refractivity contribution in [3.8, 4) is 11.5 Å². The maximum atomic E-state index is 12.7. The van der Waals surface area contributed by atoms with Crippen molar-refractivity contribution in [2.45, 2.75) is 20.0 Å². The number of carboxylic acids is 1. The highest BCUT2D eigenvalue weighted by Crippen LogP contribution is 2.34. The highest BCUT2D eigenvalue weighted by molar-refractivity contribution is 8.18. The fraction of sp³-hybridized carbons (Fsp3) is 0.190. The molecule has 150 valence electrons. The summed E-state index contributed by atoms with van der Waals surface area (Å²) in [5.74, 6) is -0.571. The summed E-state index contributed by atoms with van der Waals surface area (Å²) in [5, 5.41) is 18.9. The van der Waals surface area contributed by atoms with Gasteiger partial charge in [-0.15, -0.1) is 0 Å². The SMILES string of the molecule is CCN1C(=O)/C(=C/c2ccc(OC(C)C(=O)O)cc2)SC1=Nc1ccc(O)cc1. The first-order valence-corrected chi connectivity index (χ1v) is 9.77. The molecule has 1 aliphatic rings. The van der Waals surface area contributed by atoms with E-state index in [1.807, 2.05) is 6.92 Å². The van der Waals surface area contributed by atoms with Crippen LogP contribution in [-0.4, -0.2) is 44.8 Å². The molecule has 8 heteroatoms. The van der Waals surface area contributed by atoms with Gasteiger partial charge in [-0.05, 0) is 73.6 Å². The van der Waals surface area contributed by atoms with E-state index in [4.69, 9.17) is 9.84 Å². The van der Waals surface area contributed by atoms with Gasteiger partial charge < -0.3 is 14.9 Å². The summed E-state index contributed by atoms with van der Waals surface area (Å²) in [5.41, 5.74) is 1.44. The summed E-state index contributed by atoms with van der Waals surface area (Å²) < 4.78 is 5.31. The molecule has 1 unspecified atom stereocenters. The highest BCUT2D eigenvalue weighted by atomic mass is 32.2. The van der Waals surface area contributed by atoms with Crippen molar-refractivity contribution in [1.82, 2.24) is 4.90 Å². The van der Waals surface area contributed by atoms with E-state index < -0.39 is 12.1 Å². The van der Waals surface area contributed by atoms with Crippen molar-refractivity contribution >= 4 is 40.6 Å². The number of phenolic OH excluding ortho intramolecular Hbond substituents is 1. The molecule has 1 fully saturated rings. The van der Waals surface area contributed by atoms with Gasteiger partial charge in [0.05, 0.1) is 10.6 Å². The summed E-state index contributed by atoms with van der Waals surface area (Å²) in [7, 11) is 0. The molecule has 2 aromatic carbocycles. The number of amides is 1. The Hall–Kier alpha value is -3.26. The Kier molecular flexibility index (Phi) is 6.23. The van der Waals surface area contributed by atoms with Gasteiger partial charge in [-0.1, -0.05) is 12.1 Å². The summed E-state index contributed by atoms with van der Waals surface area (Å²) in [6, 6.07) is 13.3. The first-order valence-electron chi connectivity index (χ1n) is 8.96. The molecule has 7 nitrogen and oxygen atoms in total. The number of carbonyl (C=O) groups excluding carboxylic acids is 1. The van der Waals surface area contributed by atoms with Crippen molar-refractivity contribution in [1.29, 1.82) is 0 Å². The molecule has 2 aromatic rings. The predicted octanol–water partition coefficient (Wildman–Crippen LogP) is 3.87. The lowest BCUT2D eigenvalue weighted by atomic mass is 10.2. The monoisotopic (exact) mass is 412 g/mol. The maximum Gasteiger partial charge on any atom is 0.344 e. The number of hydrogen-bond acceptors (Lipinski definition) is 6. The van der Waals surface area contributed by atoms with Gasteiger partial charge in [0.1, 0.15) is 11.5 Å². The second-order valence-corrected chi connectivity index (χ2v) is 7.25. The number of aromatic hydroxyl groups is 1. The Balaban J connectivity index is 1.79. The lowest BCUT2D eigenvalue weighted by Gasteiger charge is -2.12. The molecule has 3 rings (SSSR count). The second-order valence-electron chi connectivity index (χ2n) is 6.24. The van der Waals surface area contributed by atoms with Crippen LogP contribution in [0.5, 0.6) is 11.5 Å². The van der Waals surface area contributed by atoms with Crippen molar-refractivity contribution in [3.63, 3.8) is 0 Å². The predicted molar refractivity (Wildman–Crippen MR) is 112 cm³/mol. The zero-order valence-corrected chi connectivity index (χ0v) is 16.7. The van der Waals surface area contributed by atoms with Crippen molar-refractivity contribution in [3.05, 3.63) is 59.0 Å². The Labute approximate surface area is 172 Å². The molecule has 0 bridgehead atoms. The minimum absolute atomic E-state index is 0.130. The molecule has 1 heterocycles. The molecule has 0 aromatic heterocycles. The minimum Gasteiger partial charge on any atom is -0.508 e. The van der Waals surface area contributed by atoms with E-state index in [0.29, 0.717) is 28.1 Å². The van der Waals surface area contributed by atoms with Gasteiger partial charge in [0.2, 0.25) is 0 Å². The molecule has 0 aliphatic carbocycles. The molecule has 29 heavy (non-hydrogen) atoms. The number of carboxylic acid groups (broad SMARTS) is 1. The van der Waals surface area contributed by atoms with Crippen LogP contribution in [0.2, 0.25) is 0 Å². The van der Waals surface area contributed by atoms with Crippen molar-refractivity contribution in [2.24, 2.45) is 4.99 Å². The van der Waals surface area contributed by atoms with E-state index in [0.717, 1.165) is 5.56 Å². The third kappa shape index (κ3) is 4.97. The van der Waals surface area contributed by atoms with E-state index in [1.54, 1.807) is 59.5 Å². The van der Waals surface area contributed by atoms with Gasteiger partial charge in [0, 0.05) is 6.54 Å². The molecule has 1 amide bonds. The van der Waals surface area contributed by atoms with Gasteiger partial charge in [-0.2, -0.15) is 0 Å². The van der Waals surface area contributed by atoms with Crippen LogP contribution < -0.4 is 4.74 Å². The molecule has 0 saturated carbocycles. The van der Waals surface area contributed by atoms with Crippen LogP contribution in [0, 0.1) is 0 Å². The largest absolute Gasteiger partial charge is 0.508 e. The minimum atomic E-state index is -1.04.